The first kappa shape index (κ1) is 17.9. The molecule has 0 radical (unpaired) electrons. The fraction of sp³-hybridized carbons (Fsp3) is 0.588. The average molecular weight is 382 g/mol. The van der Waals surface area contributed by atoms with Gasteiger partial charge >= 0.3 is 5.97 Å². The van der Waals surface area contributed by atoms with E-state index in [1.807, 2.05) is 0 Å². The Morgan fingerprint density at radius 3 is 2.46 bits per heavy atom. The van der Waals surface area contributed by atoms with E-state index in [4.69, 9.17) is 9.47 Å². The van der Waals surface area contributed by atoms with Crippen LogP contribution in [0.1, 0.15) is 24.3 Å². The molecule has 2 unspecified atom stereocenters. The Balaban J connectivity index is 1.45. The van der Waals surface area contributed by atoms with Crippen molar-refractivity contribution in [1.29, 1.82) is 0 Å². The third-order valence-electron chi connectivity index (χ3n) is 5.52. The predicted octanol–water partition coefficient (Wildman–Crippen LogP) is 0.403. The first-order valence-electron chi connectivity index (χ1n) is 8.56. The molecule has 3 aliphatic heterocycles. The molecule has 3 fully saturated rings. The van der Waals surface area contributed by atoms with Gasteiger partial charge in [0.15, 0.2) is 0 Å². The maximum Gasteiger partial charge on any atom is 0.316 e. The van der Waals surface area contributed by atoms with Gasteiger partial charge < -0.3 is 14.0 Å². The van der Waals surface area contributed by atoms with Crippen LogP contribution in [-0.2, 0) is 28.9 Å². The highest BCUT2D eigenvalue weighted by molar-refractivity contribution is 7.80. The van der Waals surface area contributed by atoms with Crippen molar-refractivity contribution >= 4 is 16.4 Å². The number of ether oxygens (including phenoxy) is 2. The third kappa shape index (κ3) is 3.49. The standard InChI is InChI=1S/C17H21NO7S/c1-18-13-7-11(8-14(18)16-15(13)25-16)24-17(19)12(9-23-26(20,21)22)10-5-3-2-4-6-10/h2-6,11-16H,7-9H2,1H3,(H,20,21,22)/p-1/t11?,12?,13-,14+,15-,16+. The van der Waals surface area contributed by atoms with Gasteiger partial charge in [0.1, 0.15) is 24.2 Å². The summed E-state index contributed by atoms with van der Waals surface area (Å²) in [4.78, 5) is 15.0. The topological polar surface area (TPSA) is 108 Å². The lowest BCUT2D eigenvalue weighted by molar-refractivity contribution is -0.156. The maximum absolute atomic E-state index is 12.7. The van der Waals surface area contributed by atoms with Crippen molar-refractivity contribution in [2.45, 2.75) is 49.2 Å². The zero-order valence-corrected chi connectivity index (χ0v) is 15.0. The number of carbonyl (C=O) groups is 1. The monoisotopic (exact) mass is 382 g/mol. The van der Waals surface area contributed by atoms with Crippen molar-refractivity contribution in [2.24, 2.45) is 0 Å². The van der Waals surface area contributed by atoms with Crippen LogP contribution in [0.25, 0.3) is 0 Å². The van der Waals surface area contributed by atoms with Gasteiger partial charge in [0.2, 0.25) is 10.4 Å². The van der Waals surface area contributed by atoms with Crippen molar-refractivity contribution in [3.05, 3.63) is 35.9 Å². The van der Waals surface area contributed by atoms with Gasteiger partial charge in [-0.3, -0.25) is 13.9 Å². The molecule has 3 saturated heterocycles. The number of benzene rings is 1. The van der Waals surface area contributed by atoms with Crippen molar-refractivity contribution in [3.63, 3.8) is 0 Å². The Bertz CT molecular complexity index is 766. The van der Waals surface area contributed by atoms with Gasteiger partial charge in [-0.2, -0.15) is 0 Å². The highest BCUT2D eigenvalue weighted by atomic mass is 32.3. The van der Waals surface area contributed by atoms with Crippen LogP contribution in [0.3, 0.4) is 0 Å². The summed E-state index contributed by atoms with van der Waals surface area (Å²) >= 11 is 0. The minimum absolute atomic E-state index is 0.229. The lowest BCUT2D eigenvalue weighted by atomic mass is 9.97. The van der Waals surface area contributed by atoms with Gasteiger partial charge in [0.05, 0.1) is 6.61 Å². The first-order valence-corrected chi connectivity index (χ1v) is 9.90. The molecule has 26 heavy (non-hydrogen) atoms. The number of piperidine rings is 1. The summed E-state index contributed by atoms with van der Waals surface area (Å²) in [7, 11) is -2.83. The van der Waals surface area contributed by atoms with Crippen molar-refractivity contribution < 1.29 is 31.4 Å². The highest BCUT2D eigenvalue weighted by Crippen LogP contribution is 2.48. The van der Waals surface area contributed by atoms with Crippen LogP contribution < -0.4 is 0 Å². The van der Waals surface area contributed by atoms with E-state index in [-0.39, 0.29) is 30.4 Å². The van der Waals surface area contributed by atoms with E-state index >= 15 is 0 Å². The van der Waals surface area contributed by atoms with E-state index in [0.717, 1.165) is 0 Å². The molecule has 1 aromatic carbocycles. The number of esters is 1. The van der Waals surface area contributed by atoms with Gasteiger partial charge in [0.25, 0.3) is 0 Å². The number of likely N-dealkylation sites (N-methyl/N-ethyl adjacent to an activating group) is 1. The van der Waals surface area contributed by atoms with E-state index in [2.05, 4.69) is 16.1 Å². The van der Waals surface area contributed by atoms with E-state index in [0.29, 0.717) is 18.4 Å². The molecule has 0 aromatic heterocycles. The maximum atomic E-state index is 12.7. The molecule has 3 aliphatic rings. The Morgan fingerprint density at radius 1 is 1.27 bits per heavy atom. The second-order valence-electron chi connectivity index (χ2n) is 7.05. The molecule has 0 spiro atoms. The molecule has 1 aromatic rings. The van der Waals surface area contributed by atoms with Gasteiger partial charge in [-0.1, -0.05) is 30.3 Å². The lowest BCUT2D eigenvalue weighted by Crippen LogP contribution is -2.48. The van der Waals surface area contributed by atoms with Gasteiger partial charge in [-0.15, -0.1) is 0 Å². The SMILES string of the molecule is CN1[C@@H]2CC(OC(=O)C(COS(=O)(=O)[O-])c3ccccc3)C[C@H]1[C@@H]1O[C@@H]12. The predicted molar refractivity (Wildman–Crippen MR) is 87.9 cm³/mol. The van der Waals surface area contributed by atoms with Crippen LogP contribution in [-0.4, -0.2) is 67.9 Å². The van der Waals surface area contributed by atoms with Crippen molar-refractivity contribution in [2.75, 3.05) is 13.7 Å². The van der Waals surface area contributed by atoms with Crippen LogP contribution in [0, 0.1) is 0 Å². The molecule has 8 nitrogen and oxygen atoms in total. The molecule has 0 amide bonds. The fourth-order valence-corrected chi connectivity index (χ4v) is 4.48. The molecule has 4 rings (SSSR count). The number of hydrogen-bond donors (Lipinski definition) is 0. The molecular formula is C17H20NO7S-. The second-order valence-corrected chi connectivity index (χ2v) is 8.10. The number of nitrogens with zero attached hydrogens (tertiary/aromatic N) is 1. The summed E-state index contributed by atoms with van der Waals surface area (Å²) in [6, 6.07) is 9.06. The summed E-state index contributed by atoms with van der Waals surface area (Å²) in [5.74, 6) is -1.55. The van der Waals surface area contributed by atoms with Crippen LogP contribution in [0.4, 0.5) is 0 Å². The van der Waals surface area contributed by atoms with E-state index < -0.39 is 28.9 Å². The Hall–Kier alpha value is -1.52. The molecule has 0 aliphatic carbocycles. The van der Waals surface area contributed by atoms with Crippen molar-refractivity contribution in [3.8, 4) is 0 Å². The third-order valence-corrected chi connectivity index (χ3v) is 5.95. The van der Waals surface area contributed by atoms with Crippen LogP contribution in [0.15, 0.2) is 30.3 Å². The molecule has 0 saturated carbocycles. The fourth-order valence-electron chi connectivity index (χ4n) is 4.18. The number of hydrogen-bond acceptors (Lipinski definition) is 8. The Labute approximate surface area is 152 Å². The van der Waals surface area contributed by atoms with E-state index in [1.165, 1.54) is 0 Å². The van der Waals surface area contributed by atoms with Gasteiger partial charge in [-0.25, -0.2) is 8.42 Å². The molecule has 6 atom stereocenters. The summed E-state index contributed by atoms with van der Waals surface area (Å²) in [6.45, 7) is -0.567. The minimum atomic E-state index is -4.89. The lowest BCUT2D eigenvalue weighted by Gasteiger charge is -2.38. The number of epoxide rings is 1. The number of fused-ring (bicyclic) bond motifs is 5. The summed E-state index contributed by atoms with van der Waals surface area (Å²) in [6.07, 6.45) is 1.57. The summed E-state index contributed by atoms with van der Waals surface area (Å²) in [5.41, 5.74) is 0.545. The Morgan fingerprint density at radius 2 is 1.88 bits per heavy atom. The molecule has 9 heteroatoms. The summed E-state index contributed by atoms with van der Waals surface area (Å²) < 4.78 is 48.1. The van der Waals surface area contributed by atoms with Crippen molar-refractivity contribution in [1.82, 2.24) is 4.90 Å². The van der Waals surface area contributed by atoms with Crippen LogP contribution >= 0.6 is 0 Å². The second kappa shape index (κ2) is 6.58. The Kier molecular flexibility index (Phi) is 4.52. The number of rotatable bonds is 6. The normalized spacial score (nSPS) is 34.2. The number of morpholine rings is 1. The molecule has 3 heterocycles. The molecule has 142 valence electrons. The van der Waals surface area contributed by atoms with Crippen LogP contribution in [0.5, 0.6) is 0 Å². The smallest absolute Gasteiger partial charge is 0.316 e. The minimum Gasteiger partial charge on any atom is -0.726 e. The van der Waals surface area contributed by atoms with Gasteiger partial charge in [-0.05, 0) is 12.6 Å². The molecular weight excluding hydrogens is 362 g/mol. The highest BCUT2D eigenvalue weighted by Gasteiger charge is 2.62. The molecule has 2 bridgehead atoms. The largest absolute Gasteiger partial charge is 0.726 e. The average Bonchev–Trinajstić information content (AvgIpc) is 3.33. The molecule has 0 N–H and O–H groups in total. The quantitative estimate of drug-likeness (QED) is 0.301. The number of carbonyl (C=O) groups excluding carboxylic acids is 1. The zero-order chi connectivity index (χ0) is 18.5. The van der Waals surface area contributed by atoms with E-state index in [1.54, 1.807) is 30.3 Å². The van der Waals surface area contributed by atoms with Crippen LogP contribution in [0.2, 0.25) is 0 Å². The van der Waals surface area contributed by atoms with E-state index in [9.17, 15) is 17.8 Å². The first-order chi connectivity index (χ1) is 12.3. The van der Waals surface area contributed by atoms with Gasteiger partial charge in [0, 0.05) is 24.9 Å². The summed E-state index contributed by atoms with van der Waals surface area (Å²) in [5, 5.41) is 0. The zero-order valence-electron chi connectivity index (χ0n) is 14.2.